The Morgan fingerprint density at radius 1 is 1.16 bits per heavy atom. The van der Waals surface area contributed by atoms with E-state index in [9.17, 15) is 5.11 Å². The van der Waals surface area contributed by atoms with Crippen molar-refractivity contribution in [3.63, 3.8) is 0 Å². The Morgan fingerprint density at radius 2 is 1.79 bits per heavy atom. The lowest BCUT2D eigenvalue weighted by Gasteiger charge is -2.14. The van der Waals surface area contributed by atoms with Gasteiger partial charge in [-0.2, -0.15) is 0 Å². The van der Waals surface area contributed by atoms with E-state index in [4.69, 9.17) is 16.3 Å². The highest BCUT2D eigenvalue weighted by Gasteiger charge is 2.13. The minimum atomic E-state index is -0.708. The van der Waals surface area contributed by atoms with E-state index in [1.165, 1.54) is 0 Å². The highest BCUT2D eigenvalue weighted by Crippen LogP contribution is 2.31. The number of benzene rings is 2. The Hall–Kier alpha value is -1.03. The molecule has 0 aliphatic rings. The van der Waals surface area contributed by atoms with Crippen LogP contribution in [0.4, 0.5) is 0 Å². The molecule has 1 unspecified atom stereocenters. The van der Waals surface area contributed by atoms with Gasteiger partial charge in [-0.3, -0.25) is 0 Å². The Balaban J connectivity index is 2.35. The molecule has 0 saturated carbocycles. The molecule has 2 aromatic rings. The summed E-state index contributed by atoms with van der Waals surface area (Å²) < 4.78 is 6.07. The van der Waals surface area contributed by atoms with E-state index in [2.05, 4.69) is 15.9 Å². The van der Waals surface area contributed by atoms with Gasteiger partial charge in [-0.1, -0.05) is 45.7 Å². The Bertz CT molecular complexity index is 599. The number of ether oxygens (including phenoxy) is 1. The highest BCUT2D eigenvalue weighted by molar-refractivity contribution is 9.10. The molecule has 0 aromatic heterocycles. The third-order valence-corrected chi connectivity index (χ3v) is 4.15. The summed E-state index contributed by atoms with van der Waals surface area (Å²) in [6.07, 6.45) is -0.708. The summed E-state index contributed by atoms with van der Waals surface area (Å²) in [4.78, 5) is 0. The van der Waals surface area contributed by atoms with Gasteiger partial charge in [0.15, 0.2) is 0 Å². The van der Waals surface area contributed by atoms with Crippen LogP contribution in [0, 0.1) is 6.92 Å². The summed E-state index contributed by atoms with van der Waals surface area (Å²) >= 11 is 9.54. The topological polar surface area (TPSA) is 29.5 Å². The largest absolute Gasteiger partial charge is 0.495 e. The molecule has 19 heavy (non-hydrogen) atoms. The first kappa shape index (κ1) is 14.4. The van der Waals surface area contributed by atoms with E-state index in [1.54, 1.807) is 19.2 Å². The van der Waals surface area contributed by atoms with Gasteiger partial charge in [0.25, 0.3) is 0 Å². The zero-order valence-electron chi connectivity index (χ0n) is 10.7. The van der Waals surface area contributed by atoms with E-state index in [0.717, 1.165) is 21.2 Å². The monoisotopic (exact) mass is 340 g/mol. The van der Waals surface area contributed by atoms with Crippen LogP contribution in [0.1, 0.15) is 22.8 Å². The van der Waals surface area contributed by atoms with Crippen molar-refractivity contribution in [2.45, 2.75) is 13.0 Å². The Labute approximate surface area is 126 Å². The van der Waals surface area contributed by atoms with Crippen LogP contribution >= 0.6 is 27.5 Å². The van der Waals surface area contributed by atoms with Crippen LogP contribution in [0.15, 0.2) is 40.9 Å². The lowest BCUT2D eigenvalue weighted by atomic mass is 10.0. The molecule has 0 aliphatic heterocycles. The molecule has 1 N–H and O–H groups in total. The van der Waals surface area contributed by atoms with Gasteiger partial charge < -0.3 is 9.84 Å². The maximum atomic E-state index is 10.4. The van der Waals surface area contributed by atoms with Crippen molar-refractivity contribution >= 4 is 27.5 Å². The number of hydrogen-bond acceptors (Lipinski definition) is 2. The smallest absolute Gasteiger partial charge is 0.137 e. The molecule has 100 valence electrons. The number of hydrogen-bond donors (Lipinski definition) is 1. The molecule has 0 amide bonds. The second-order valence-electron chi connectivity index (χ2n) is 4.31. The SMILES string of the molecule is COc1ccc(C(O)c2ccc(C)c(Br)c2)cc1Cl. The van der Waals surface area contributed by atoms with Crippen molar-refractivity contribution < 1.29 is 9.84 Å². The number of aliphatic hydroxyl groups is 1. The first-order chi connectivity index (χ1) is 9.02. The standard InChI is InChI=1S/C15H14BrClO2/c1-9-3-4-10(7-12(9)16)15(18)11-5-6-14(19-2)13(17)8-11/h3-8,15,18H,1-2H3. The van der Waals surface area contributed by atoms with E-state index in [1.807, 2.05) is 31.2 Å². The van der Waals surface area contributed by atoms with Crippen molar-refractivity contribution in [2.75, 3.05) is 7.11 Å². The summed E-state index contributed by atoms with van der Waals surface area (Å²) in [6.45, 7) is 2.00. The van der Waals surface area contributed by atoms with Crippen molar-refractivity contribution in [3.05, 3.63) is 62.6 Å². The van der Waals surface area contributed by atoms with E-state index < -0.39 is 6.10 Å². The molecule has 0 fully saturated rings. The van der Waals surface area contributed by atoms with Crippen LogP contribution in [0.25, 0.3) is 0 Å². The van der Waals surface area contributed by atoms with Gasteiger partial charge >= 0.3 is 0 Å². The van der Waals surface area contributed by atoms with Crippen LogP contribution in [-0.4, -0.2) is 12.2 Å². The number of rotatable bonds is 3. The van der Waals surface area contributed by atoms with Gasteiger partial charge in [0.2, 0.25) is 0 Å². The van der Waals surface area contributed by atoms with Crippen molar-refractivity contribution in [2.24, 2.45) is 0 Å². The fraction of sp³-hybridized carbons (Fsp3) is 0.200. The molecule has 2 aromatic carbocycles. The first-order valence-corrected chi connectivity index (χ1v) is 6.97. The predicted octanol–water partition coefficient (Wildman–Crippen LogP) is 4.50. The molecule has 0 saturated heterocycles. The second kappa shape index (κ2) is 5.95. The van der Waals surface area contributed by atoms with Crippen molar-refractivity contribution in [1.29, 1.82) is 0 Å². The number of methoxy groups -OCH3 is 1. The van der Waals surface area contributed by atoms with Crippen LogP contribution < -0.4 is 4.74 Å². The van der Waals surface area contributed by atoms with Crippen LogP contribution in [-0.2, 0) is 0 Å². The normalized spacial score (nSPS) is 12.3. The molecule has 0 radical (unpaired) electrons. The summed E-state index contributed by atoms with van der Waals surface area (Å²) in [5.41, 5.74) is 2.68. The van der Waals surface area contributed by atoms with Gasteiger partial charge in [0.05, 0.1) is 12.1 Å². The molecule has 4 heteroatoms. The van der Waals surface area contributed by atoms with E-state index in [0.29, 0.717) is 10.8 Å². The summed E-state index contributed by atoms with van der Waals surface area (Å²) in [7, 11) is 1.56. The summed E-state index contributed by atoms with van der Waals surface area (Å²) in [6, 6.07) is 11.1. The van der Waals surface area contributed by atoms with Crippen molar-refractivity contribution in [3.8, 4) is 5.75 Å². The number of aryl methyl sites for hydroxylation is 1. The van der Waals surface area contributed by atoms with Crippen molar-refractivity contribution in [1.82, 2.24) is 0 Å². The van der Waals surface area contributed by atoms with Gasteiger partial charge in [-0.15, -0.1) is 0 Å². The summed E-state index contributed by atoms with van der Waals surface area (Å²) in [5.74, 6) is 0.600. The Morgan fingerprint density at radius 3 is 2.37 bits per heavy atom. The molecular weight excluding hydrogens is 328 g/mol. The molecule has 0 bridgehead atoms. The van der Waals surface area contributed by atoms with Gasteiger partial charge in [-0.05, 0) is 41.8 Å². The first-order valence-electron chi connectivity index (χ1n) is 5.80. The molecule has 0 spiro atoms. The van der Waals surface area contributed by atoms with Crippen LogP contribution in [0.5, 0.6) is 5.75 Å². The van der Waals surface area contributed by atoms with Crippen LogP contribution in [0.3, 0.4) is 0 Å². The zero-order valence-corrected chi connectivity index (χ0v) is 13.0. The lowest BCUT2D eigenvalue weighted by Crippen LogP contribution is -2.00. The maximum Gasteiger partial charge on any atom is 0.137 e. The third kappa shape index (κ3) is 3.11. The quantitative estimate of drug-likeness (QED) is 0.890. The average molecular weight is 342 g/mol. The predicted molar refractivity (Wildman–Crippen MR) is 80.9 cm³/mol. The fourth-order valence-electron chi connectivity index (χ4n) is 1.82. The molecule has 0 heterocycles. The zero-order chi connectivity index (χ0) is 14.0. The van der Waals surface area contributed by atoms with Gasteiger partial charge in [0, 0.05) is 4.47 Å². The van der Waals surface area contributed by atoms with E-state index >= 15 is 0 Å². The Kier molecular flexibility index (Phi) is 4.50. The fourth-order valence-corrected chi connectivity index (χ4v) is 2.49. The van der Waals surface area contributed by atoms with Crippen LogP contribution in [0.2, 0.25) is 5.02 Å². The molecular formula is C15H14BrClO2. The number of halogens is 2. The minimum absolute atomic E-state index is 0.491. The molecule has 2 rings (SSSR count). The summed E-state index contributed by atoms with van der Waals surface area (Å²) in [5, 5.41) is 10.9. The maximum absolute atomic E-state index is 10.4. The average Bonchev–Trinajstić information content (AvgIpc) is 2.41. The second-order valence-corrected chi connectivity index (χ2v) is 5.57. The minimum Gasteiger partial charge on any atom is -0.495 e. The van der Waals surface area contributed by atoms with Gasteiger partial charge in [-0.25, -0.2) is 0 Å². The highest BCUT2D eigenvalue weighted by atomic mass is 79.9. The lowest BCUT2D eigenvalue weighted by molar-refractivity contribution is 0.220. The van der Waals surface area contributed by atoms with E-state index in [-0.39, 0.29) is 0 Å². The molecule has 2 nitrogen and oxygen atoms in total. The van der Waals surface area contributed by atoms with Gasteiger partial charge in [0.1, 0.15) is 11.9 Å². The number of aliphatic hydroxyl groups excluding tert-OH is 1. The third-order valence-electron chi connectivity index (χ3n) is 3.00. The molecule has 1 atom stereocenters. The molecule has 0 aliphatic carbocycles.